The van der Waals surface area contributed by atoms with Crippen molar-refractivity contribution in [1.82, 2.24) is 10.2 Å². The number of nitrogens with zero attached hydrogens (tertiary/aromatic N) is 2. The number of ether oxygens (including phenoxy) is 1. The Morgan fingerprint density at radius 1 is 1.07 bits per heavy atom. The van der Waals surface area contributed by atoms with Gasteiger partial charge in [0.05, 0.1) is 0 Å². The van der Waals surface area contributed by atoms with Crippen molar-refractivity contribution in [3.8, 4) is 16.9 Å². The molecule has 0 atom stereocenters. The molecule has 28 heavy (non-hydrogen) atoms. The van der Waals surface area contributed by atoms with Crippen LogP contribution in [-0.4, -0.2) is 28.5 Å². The van der Waals surface area contributed by atoms with Gasteiger partial charge in [-0.05, 0) is 36.6 Å². The van der Waals surface area contributed by atoms with Crippen LogP contribution in [0.5, 0.6) is 5.75 Å². The first-order valence-corrected chi connectivity index (χ1v) is 11.0. The quantitative estimate of drug-likeness (QED) is 0.288. The van der Waals surface area contributed by atoms with Crippen LogP contribution >= 0.6 is 23.1 Å². The van der Waals surface area contributed by atoms with E-state index in [1.54, 1.807) is 11.8 Å². The molecule has 0 aliphatic rings. The number of hydrogen-bond acceptors (Lipinski definition) is 6. The Hall–Kier alpha value is -2.38. The minimum atomic E-state index is -0.246. The normalized spacial score (nSPS) is 10.6. The van der Waals surface area contributed by atoms with E-state index < -0.39 is 0 Å². The number of hydrogen-bond donors (Lipinski definition) is 1. The molecular formula is C21H23N3O2S2. The lowest BCUT2D eigenvalue weighted by Gasteiger charge is -2.07. The largest absolute Gasteiger partial charge is 0.484 e. The van der Waals surface area contributed by atoms with E-state index >= 15 is 0 Å². The number of benzene rings is 2. The van der Waals surface area contributed by atoms with Gasteiger partial charge < -0.3 is 4.74 Å². The predicted octanol–water partition coefficient (Wildman–Crippen LogP) is 5.42. The molecule has 7 heteroatoms. The molecule has 0 radical (unpaired) electrons. The summed E-state index contributed by atoms with van der Waals surface area (Å²) in [7, 11) is 0. The van der Waals surface area contributed by atoms with E-state index in [-0.39, 0.29) is 12.5 Å². The molecule has 0 unspecified atom stereocenters. The van der Waals surface area contributed by atoms with E-state index in [1.807, 2.05) is 24.3 Å². The number of carbonyl (C=O) groups excluding carboxylic acids is 1. The van der Waals surface area contributed by atoms with Gasteiger partial charge in [-0.25, -0.2) is 0 Å². The van der Waals surface area contributed by atoms with Crippen LogP contribution in [0, 0.1) is 6.92 Å². The van der Waals surface area contributed by atoms with Gasteiger partial charge in [0.25, 0.3) is 5.91 Å². The number of aromatic nitrogens is 2. The Morgan fingerprint density at radius 2 is 1.75 bits per heavy atom. The highest BCUT2D eigenvalue weighted by Crippen LogP contribution is 2.26. The molecule has 2 aromatic carbocycles. The molecular weight excluding hydrogens is 390 g/mol. The van der Waals surface area contributed by atoms with Crippen LogP contribution in [-0.2, 0) is 4.79 Å². The van der Waals surface area contributed by atoms with Gasteiger partial charge in [-0.1, -0.05) is 78.4 Å². The predicted molar refractivity (Wildman–Crippen MR) is 116 cm³/mol. The molecule has 0 saturated heterocycles. The van der Waals surface area contributed by atoms with Gasteiger partial charge >= 0.3 is 0 Å². The average Bonchev–Trinajstić information content (AvgIpc) is 3.15. The molecule has 1 N–H and O–H groups in total. The van der Waals surface area contributed by atoms with Crippen LogP contribution in [0.15, 0.2) is 52.9 Å². The highest BCUT2D eigenvalue weighted by atomic mass is 32.2. The SMILES string of the molecule is CCCCSc1nnc(NC(=O)COc2ccc(-c3ccc(C)cc3)cc2)s1. The van der Waals surface area contributed by atoms with Gasteiger partial charge in [-0.2, -0.15) is 0 Å². The first kappa shape index (κ1) is 20.4. The maximum Gasteiger partial charge on any atom is 0.264 e. The van der Waals surface area contributed by atoms with E-state index in [9.17, 15) is 4.79 Å². The van der Waals surface area contributed by atoms with Crippen LogP contribution in [0.1, 0.15) is 25.3 Å². The van der Waals surface area contributed by atoms with Gasteiger partial charge in [0, 0.05) is 5.75 Å². The lowest BCUT2D eigenvalue weighted by Crippen LogP contribution is -2.20. The summed E-state index contributed by atoms with van der Waals surface area (Å²) >= 11 is 3.05. The highest BCUT2D eigenvalue weighted by Gasteiger charge is 2.09. The van der Waals surface area contributed by atoms with Crippen molar-refractivity contribution in [3.05, 3.63) is 54.1 Å². The lowest BCUT2D eigenvalue weighted by atomic mass is 10.0. The van der Waals surface area contributed by atoms with Crippen LogP contribution in [0.3, 0.4) is 0 Å². The lowest BCUT2D eigenvalue weighted by molar-refractivity contribution is -0.118. The second-order valence-corrected chi connectivity index (χ2v) is 8.62. The molecule has 3 rings (SSSR count). The topological polar surface area (TPSA) is 64.1 Å². The average molecular weight is 414 g/mol. The second-order valence-electron chi connectivity index (χ2n) is 6.30. The Bertz CT molecular complexity index is 893. The molecule has 1 aromatic heterocycles. The molecule has 3 aromatic rings. The molecule has 0 aliphatic carbocycles. The summed E-state index contributed by atoms with van der Waals surface area (Å²) in [4.78, 5) is 12.1. The number of unbranched alkanes of at least 4 members (excludes halogenated alkanes) is 1. The van der Waals surface area contributed by atoms with E-state index in [2.05, 4.69) is 53.6 Å². The third-order valence-corrected chi connectivity index (χ3v) is 6.04. The molecule has 0 saturated carbocycles. The van der Waals surface area contributed by atoms with Crippen molar-refractivity contribution in [3.63, 3.8) is 0 Å². The van der Waals surface area contributed by atoms with Gasteiger partial charge in [-0.15, -0.1) is 10.2 Å². The van der Waals surface area contributed by atoms with Gasteiger partial charge in [-0.3, -0.25) is 10.1 Å². The van der Waals surface area contributed by atoms with E-state index in [1.165, 1.54) is 16.9 Å². The van der Waals surface area contributed by atoms with Gasteiger partial charge in [0.1, 0.15) is 5.75 Å². The summed E-state index contributed by atoms with van der Waals surface area (Å²) in [5.74, 6) is 1.42. The summed E-state index contributed by atoms with van der Waals surface area (Å²) in [5, 5.41) is 11.3. The fourth-order valence-electron chi connectivity index (χ4n) is 2.42. The zero-order chi connectivity index (χ0) is 19.8. The number of rotatable bonds is 9. The summed E-state index contributed by atoms with van der Waals surface area (Å²) in [6, 6.07) is 16.1. The number of amides is 1. The Morgan fingerprint density at radius 3 is 2.43 bits per heavy atom. The Labute approximate surface area is 173 Å². The molecule has 0 spiro atoms. The molecule has 146 valence electrons. The van der Waals surface area contributed by atoms with Crippen molar-refractivity contribution in [2.24, 2.45) is 0 Å². The molecule has 1 amide bonds. The molecule has 5 nitrogen and oxygen atoms in total. The third-order valence-electron chi connectivity index (χ3n) is 3.99. The van der Waals surface area contributed by atoms with Crippen LogP contribution in [0.4, 0.5) is 5.13 Å². The molecule has 0 aliphatic heterocycles. The van der Waals surface area contributed by atoms with Gasteiger partial charge in [0.2, 0.25) is 5.13 Å². The number of nitrogens with one attached hydrogen (secondary N) is 1. The van der Waals surface area contributed by atoms with Crippen molar-refractivity contribution in [1.29, 1.82) is 0 Å². The smallest absolute Gasteiger partial charge is 0.264 e. The standard InChI is InChI=1S/C21H23N3O2S2/c1-3-4-13-27-21-24-23-20(28-21)22-19(25)14-26-18-11-9-17(10-12-18)16-7-5-15(2)6-8-16/h5-12H,3-4,13-14H2,1-2H3,(H,22,23,25). The first-order valence-electron chi connectivity index (χ1n) is 9.20. The minimum Gasteiger partial charge on any atom is -0.484 e. The van der Waals surface area contributed by atoms with Gasteiger partial charge in [0.15, 0.2) is 10.9 Å². The third kappa shape index (κ3) is 6.07. The number of thioether (sulfide) groups is 1. The van der Waals surface area contributed by atoms with Crippen LogP contribution in [0.25, 0.3) is 11.1 Å². The van der Waals surface area contributed by atoms with E-state index in [0.29, 0.717) is 10.9 Å². The molecule has 0 bridgehead atoms. The maximum atomic E-state index is 12.1. The zero-order valence-electron chi connectivity index (χ0n) is 16.0. The number of aryl methyl sites for hydroxylation is 1. The molecule has 0 fully saturated rings. The summed E-state index contributed by atoms with van der Waals surface area (Å²) in [5.41, 5.74) is 3.49. The Balaban J connectivity index is 1.47. The summed E-state index contributed by atoms with van der Waals surface area (Å²) < 4.78 is 6.45. The second kappa shape index (κ2) is 10.2. The zero-order valence-corrected chi connectivity index (χ0v) is 17.6. The highest BCUT2D eigenvalue weighted by molar-refractivity contribution is 8.01. The van der Waals surface area contributed by atoms with E-state index in [0.717, 1.165) is 34.1 Å². The van der Waals surface area contributed by atoms with Crippen LogP contribution < -0.4 is 10.1 Å². The number of carbonyl (C=O) groups is 1. The summed E-state index contributed by atoms with van der Waals surface area (Å²) in [6.45, 7) is 4.16. The van der Waals surface area contributed by atoms with Crippen molar-refractivity contribution in [2.75, 3.05) is 17.7 Å². The monoisotopic (exact) mass is 413 g/mol. The maximum absolute atomic E-state index is 12.1. The van der Waals surface area contributed by atoms with Crippen LogP contribution in [0.2, 0.25) is 0 Å². The fraction of sp³-hybridized carbons (Fsp3) is 0.286. The fourth-order valence-corrected chi connectivity index (χ4v) is 4.34. The minimum absolute atomic E-state index is 0.0677. The number of anilines is 1. The Kier molecular flexibility index (Phi) is 7.45. The van der Waals surface area contributed by atoms with Crippen molar-refractivity contribution < 1.29 is 9.53 Å². The summed E-state index contributed by atoms with van der Waals surface area (Å²) in [6.07, 6.45) is 2.29. The van der Waals surface area contributed by atoms with Crippen molar-refractivity contribution >= 4 is 34.1 Å². The molecule has 1 heterocycles. The first-order chi connectivity index (χ1) is 13.6. The van der Waals surface area contributed by atoms with Crippen molar-refractivity contribution in [2.45, 2.75) is 31.0 Å². The van der Waals surface area contributed by atoms with E-state index in [4.69, 9.17) is 4.74 Å².